The quantitative estimate of drug-likeness (QED) is 0.669. The minimum atomic E-state index is -0.360. The van der Waals surface area contributed by atoms with Crippen molar-refractivity contribution in [3.8, 4) is 6.07 Å². The SMILES string of the molecule is CC1(C#N)CCc2cc[nH]c(=O)c2C1. The maximum atomic E-state index is 11.5. The Hall–Kier alpha value is -1.56. The highest BCUT2D eigenvalue weighted by molar-refractivity contribution is 5.29. The van der Waals surface area contributed by atoms with Crippen molar-refractivity contribution in [1.29, 1.82) is 5.26 Å². The summed E-state index contributed by atoms with van der Waals surface area (Å²) in [6.45, 7) is 1.92. The van der Waals surface area contributed by atoms with Gasteiger partial charge in [-0.25, -0.2) is 0 Å². The minimum Gasteiger partial charge on any atom is -0.329 e. The average Bonchev–Trinajstić information content (AvgIpc) is 2.20. The molecule has 1 aromatic rings. The topological polar surface area (TPSA) is 56.6 Å². The molecule has 0 bridgehead atoms. The number of aryl methyl sites for hydroxylation is 1. The number of hydrogen-bond acceptors (Lipinski definition) is 2. The first kappa shape index (κ1) is 9.01. The standard InChI is InChI=1S/C11H12N2O/c1-11(7-12)4-2-8-3-5-13-10(14)9(8)6-11/h3,5H,2,4,6H2,1H3,(H,13,14). The predicted octanol–water partition coefficient (Wildman–Crippen LogP) is 1.39. The van der Waals surface area contributed by atoms with E-state index in [0.717, 1.165) is 24.0 Å². The molecule has 1 aromatic heterocycles. The van der Waals surface area contributed by atoms with Gasteiger partial charge in [-0.05, 0) is 37.8 Å². The van der Waals surface area contributed by atoms with Crippen LogP contribution in [0.2, 0.25) is 0 Å². The third-order valence-corrected chi connectivity index (χ3v) is 2.94. The Morgan fingerprint density at radius 2 is 2.43 bits per heavy atom. The van der Waals surface area contributed by atoms with E-state index in [-0.39, 0.29) is 11.0 Å². The lowest BCUT2D eigenvalue weighted by molar-refractivity contribution is 0.379. The summed E-state index contributed by atoms with van der Waals surface area (Å²) in [5, 5.41) is 9.00. The highest BCUT2D eigenvalue weighted by Gasteiger charge is 2.30. The zero-order chi connectivity index (χ0) is 10.2. The summed E-state index contributed by atoms with van der Waals surface area (Å²) in [7, 11) is 0. The van der Waals surface area contributed by atoms with Gasteiger partial charge in [-0.3, -0.25) is 4.79 Å². The first-order valence-corrected chi connectivity index (χ1v) is 4.75. The Bertz CT molecular complexity index is 455. The number of nitrogens with zero attached hydrogens (tertiary/aromatic N) is 1. The molecule has 0 aromatic carbocycles. The molecule has 0 fully saturated rings. The van der Waals surface area contributed by atoms with Gasteiger partial charge in [-0.2, -0.15) is 5.26 Å². The van der Waals surface area contributed by atoms with Crippen molar-refractivity contribution >= 4 is 0 Å². The molecule has 1 atom stereocenters. The van der Waals surface area contributed by atoms with Crippen LogP contribution in [0.5, 0.6) is 0 Å². The molecule has 72 valence electrons. The first-order chi connectivity index (χ1) is 6.64. The lowest BCUT2D eigenvalue weighted by Crippen LogP contribution is -2.29. The van der Waals surface area contributed by atoms with E-state index in [0.29, 0.717) is 6.42 Å². The van der Waals surface area contributed by atoms with E-state index in [1.54, 1.807) is 6.20 Å². The second kappa shape index (κ2) is 2.98. The van der Waals surface area contributed by atoms with E-state index in [1.807, 2.05) is 13.0 Å². The number of nitriles is 1. The molecule has 1 unspecified atom stereocenters. The van der Waals surface area contributed by atoms with Gasteiger partial charge in [0.2, 0.25) is 0 Å². The van der Waals surface area contributed by atoms with Gasteiger partial charge in [-0.1, -0.05) is 0 Å². The molecule has 0 radical (unpaired) electrons. The van der Waals surface area contributed by atoms with Gasteiger partial charge >= 0.3 is 0 Å². The highest BCUT2D eigenvalue weighted by Crippen LogP contribution is 2.32. The molecule has 0 amide bonds. The van der Waals surface area contributed by atoms with Crippen molar-refractivity contribution in [3.05, 3.63) is 33.7 Å². The minimum absolute atomic E-state index is 0.0383. The van der Waals surface area contributed by atoms with Gasteiger partial charge in [0.1, 0.15) is 0 Å². The zero-order valence-corrected chi connectivity index (χ0v) is 8.13. The fourth-order valence-electron chi connectivity index (χ4n) is 1.96. The second-order valence-electron chi connectivity index (χ2n) is 4.16. The van der Waals surface area contributed by atoms with Crippen molar-refractivity contribution in [2.24, 2.45) is 5.41 Å². The van der Waals surface area contributed by atoms with E-state index in [1.165, 1.54) is 0 Å². The summed E-state index contributed by atoms with van der Waals surface area (Å²) in [4.78, 5) is 14.2. The van der Waals surface area contributed by atoms with E-state index < -0.39 is 0 Å². The van der Waals surface area contributed by atoms with Crippen LogP contribution in [0.3, 0.4) is 0 Å². The molecule has 3 heteroatoms. The maximum absolute atomic E-state index is 11.5. The molecular weight excluding hydrogens is 176 g/mol. The third kappa shape index (κ3) is 1.33. The largest absolute Gasteiger partial charge is 0.329 e. The Labute approximate surface area is 82.4 Å². The summed E-state index contributed by atoms with van der Waals surface area (Å²) in [5.74, 6) is 0. The van der Waals surface area contributed by atoms with Crippen molar-refractivity contribution in [2.45, 2.75) is 26.2 Å². The lowest BCUT2D eigenvalue weighted by Gasteiger charge is -2.27. The fourth-order valence-corrected chi connectivity index (χ4v) is 1.96. The summed E-state index contributed by atoms with van der Waals surface area (Å²) in [6, 6.07) is 4.23. The van der Waals surface area contributed by atoms with Crippen LogP contribution in [0.4, 0.5) is 0 Å². The molecular formula is C11H12N2O. The molecule has 3 nitrogen and oxygen atoms in total. The number of pyridine rings is 1. The smallest absolute Gasteiger partial charge is 0.251 e. The molecule has 1 N–H and O–H groups in total. The molecule has 2 rings (SSSR count). The normalized spacial score (nSPS) is 25.1. The maximum Gasteiger partial charge on any atom is 0.251 e. The number of H-pyrrole nitrogens is 1. The number of aromatic nitrogens is 1. The Kier molecular flexibility index (Phi) is 1.92. The first-order valence-electron chi connectivity index (χ1n) is 4.75. The Morgan fingerprint density at radius 3 is 3.14 bits per heavy atom. The van der Waals surface area contributed by atoms with Crippen LogP contribution >= 0.6 is 0 Å². The third-order valence-electron chi connectivity index (χ3n) is 2.94. The van der Waals surface area contributed by atoms with Gasteiger partial charge in [0, 0.05) is 11.8 Å². The molecule has 0 saturated heterocycles. The Morgan fingerprint density at radius 1 is 1.64 bits per heavy atom. The van der Waals surface area contributed by atoms with Gasteiger partial charge in [0.05, 0.1) is 11.5 Å². The summed E-state index contributed by atoms with van der Waals surface area (Å²) in [6.07, 6.45) is 3.94. The van der Waals surface area contributed by atoms with Crippen molar-refractivity contribution < 1.29 is 0 Å². The number of fused-ring (bicyclic) bond motifs is 1. The van der Waals surface area contributed by atoms with Crippen LogP contribution in [0, 0.1) is 16.7 Å². The summed E-state index contributed by atoms with van der Waals surface area (Å²) in [5.41, 5.74) is 1.49. The van der Waals surface area contributed by atoms with E-state index in [2.05, 4.69) is 11.1 Å². The summed E-state index contributed by atoms with van der Waals surface area (Å²) >= 11 is 0. The number of rotatable bonds is 0. The number of hydrogen-bond donors (Lipinski definition) is 1. The van der Waals surface area contributed by atoms with Crippen LogP contribution in [0.1, 0.15) is 24.5 Å². The van der Waals surface area contributed by atoms with Crippen molar-refractivity contribution in [1.82, 2.24) is 4.98 Å². The van der Waals surface area contributed by atoms with Crippen LogP contribution in [-0.2, 0) is 12.8 Å². The highest BCUT2D eigenvalue weighted by atomic mass is 16.1. The van der Waals surface area contributed by atoms with Crippen LogP contribution in [0.15, 0.2) is 17.1 Å². The molecule has 1 aliphatic carbocycles. The average molecular weight is 188 g/mol. The van der Waals surface area contributed by atoms with E-state index >= 15 is 0 Å². The molecule has 0 saturated carbocycles. The number of nitrogens with one attached hydrogen (secondary N) is 1. The molecule has 14 heavy (non-hydrogen) atoms. The van der Waals surface area contributed by atoms with E-state index in [4.69, 9.17) is 5.26 Å². The predicted molar refractivity (Wildman–Crippen MR) is 52.8 cm³/mol. The van der Waals surface area contributed by atoms with Gasteiger partial charge < -0.3 is 4.98 Å². The monoisotopic (exact) mass is 188 g/mol. The van der Waals surface area contributed by atoms with E-state index in [9.17, 15) is 4.79 Å². The molecule has 1 heterocycles. The van der Waals surface area contributed by atoms with Gasteiger partial charge in [0.15, 0.2) is 0 Å². The van der Waals surface area contributed by atoms with Crippen LogP contribution in [0.25, 0.3) is 0 Å². The summed E-state index contributed by atoms with van der Waals surface area (Å²) < 4.78 is 0. The molecule has 0 aliphatic heterocycles. The molecule has 0 spiro atoms. The number of aromatic amines is 1. The van der Waals surface area contributed by atoms with Crippen molar-refractivity contribution in [2.75, 3.05) is 0 Å². The van der Waals surface area contributed by atoms with Gasteiger partial charge in [0.25, 0.3) is 5.56 Å². The van der Waals surface area contributed by atoms with Crippen LogP contribution < -0.4 is 5.56 Å². The van der Waals surface area contributed by atoms with Crippen LogP contribution in [-0.4, -0.2) is 4.98 Å². The fraction of sp³-hybridized carbons (Fsp3) is 0.455. The zero-order valence-electron chi connectivity index (χ0n) is 8.13. The second-order valence-corrected chi connectivity index (χ2v) is 4.16. The van der Waals surface area contributed by atoms with Crippen molar-refractivity contribution in [3.63, 3.8) is 0 Å². The molecule has 1 aliphatic rings. The lowest BCUT2D eigenvalue weighted by atomic mass is 9.74. The Balaban J connectivity index is 2.50. The van der Waals surface area contributed by atoms with Gasteiger partial charge in [-0.15, -0.1) is 0 Å².